The van der Waals surface area contributed by atoms with Gasteiger partial charge in [0.15, 0.2) is 0 Å². The minimum atomic E-state index is 0.242. The first-order valence-corrected chi connectivity index (χ1v) is 9.45. The molecule has 118 valence electrons. The van der Waals surface area contributed by atoms with Crippen LogP contribution in [0, 0.1) is 5.92 Å². The molecule has 0 aromatic carbocycles. The van der Waals surface area contributed by atoms with Gasteiger partial charge in [-0.1, -0.05) is 20.4 Å². The Labute approximate surface area is 135 Å². The number of nitrogens with zero attached hydrogens (tertiary/aromatic N) is 1. The van der Waals surface area contributed by atoms with Crippen LogP contribution in [0.5, 0.6) is 0 Å². The van der Waals surface area contributed by atoms with E-state index in [1.54, 1.807) is 0 Å². The van der Waals surface area contributed by atoms with Gasteiger partial charge in [-0.15, -0.1) is 11.8 Å². The summed E-state index contributed by atoms with van der Waals surface area (Å²) < 4.78 is 0. The molecule has 0 saturated carbocycles. The number of rotatable bonds is 9. The van der Waals surface area contributed by atoms with Gasteiger partial charge in [0, 0.05) is 23.6 Å². The highest BCUT2D eigenvalue weighted by Gasteiger charge is 2.41. The Bertz CT molecular complexity index is 296. The largest absolute Gasteiger partial charge is 0.360 e. The predicted molar refractivity (Wildman–Crippen MR) is 96.7 cm³/mol. The Hall–Kier alpha value is 0.200. The van der Waals surface area contributed by atoms with Crippen molar-refractivity contribution in [2.75, 3.05) is 18.1 Å². The number of hydrogen-bond acceptors (Lipinski definition) is 4. The molecule has 1 heterocycles. The second kappa shape index (κ2) is 8.60. The molecule has 1 rings (SSSR count). The Morgan fingerprint density at radius 3 is 2.70 bits per heavy atom. The minimum absolute atomic E-state index is 0.242. The third-order valence-corrected chi connectivity index (χ3v) is 6.36. The molecule has 0 bridgehead atoms. The molecule has 0 radical (unpaired) electrons. The lowest BCUT2D eigenvalue weighted by Crippen LogP contribution is -2.42. The maximum Gasteiger partial charge on any atom is 0.0830 e. The van der Waals surface area contributed by atoms with E-state index >= 15 is 0 Å². The smallest absolute Gasteiger partial charge is 0.0830 e. The molecular formula is C16H32N2S2. The first-order valence-electron chi connectivity index (χ1n) is 7.83. The maximum absolute atomic E-state index is 4.29. The molecule has 3 atom stereocenters. The summed E-state index contributed by atoms with van der Waals surface area (Å²) in [5, 5.41) is 3.51. The molecule has 0 spiro atoms. The molecule has 0 aliphatic carbocycles. The van der Waals surface area contributed by atoms with Crippen molar-refractivity contribution in [2.24, 2.45) is 5.92 Å². The van der Waals surface area contributed by atoms with E-state index in [4.69, 9.17) is 0 Å². The summed E-state index contributed by atoms with van der Waals surface area (Å²) in [6.07, 6.45) is 5.81. The molecule has 4 heteroatoms. The van der Waals surface area contributed by atoms with Gasteiger partial charge in [-0.3, -0.25) is 0 Å². The number of hydrogen-bond donors (Lipinski definition) is 2. The van der Waals surface area contributed by atoms with Gasteiger partial charge in [-0.25, -0.2) is 0 Å². The van der Waals surface area contributed by atoms with E-state index in [9.17, 15) is 0 Å². The van der Waals surface area contributed by atoms with Crippen molar-refractivity contribution in [1.82, 2.24) is 10.2 Å². The van der Waals surface area contributed by atoms with Crippen LogP contribution < -0.4 is 5.32 Å². The predicted octanol–water partition coefficient (Wildman–Crippen LogP) is 4.00. The molecule has 3 unspecified atom stereocenters. The fraction of sp³-hybridized carbons (Fsp3) is 0.875. The summed E-state index contributed by atoms with van der Waals surface area (Å²) in [5.41, 5.74) is 0. The zero-order valence-corrected chi connectivity index (χ0v) is 15.3. The van der Waals surface area contributed by atoms with Crippen LogP contribution >= 0.6 is 24.4 Å². The average molecular weight is 317 g/mol. The summed E-state index contributed by atoms with van der Waals surface area (Å²) >= 11 is 6.40. The van der Waals surface area contributed by atoms with Crippen molar-refractivity contribution in [3.63, 3.8) is 0 Å². The third kappa shape index (κ3) is 4.88. The molecule has 0 aromatic rings. The van der Waals surface area contributed by atoms with Crippen molar-refractivity contribution in [1.29, 1.82) is 0 Å². The minimum Gasteiger partial charge on any atom is -0.360 e. The Morgan fingerprint density at radius 1 is 1.45 bits per heavy atom. The van der Waals surface area contributed by atoms with Gasteiger partial charge in [0.05, 0.1) is 4.87 Å². The van der Waals surface area contributed by atoms with Crippen LogP contribution in [0.4, 0.5) is 0 Å². The van der Waals surface area contributed by atoms with Crippen molar-refractivity contribution in [3.05, 3.63) is 12.8 Å². The number of thioether (sulfide) groups is 1. The maximum atomic E-state index is 4.29. The average Bonchev–Trinajstić information content (AvgIpc) is 2.75. The number of unbranched alkanes of at least 4 members (excludes halogenated alkanes) is 1. The van der Waals surface area contributed by atoms with Gasteiger partial charge in [0.25, 0.3) is 0 Å². The quantitative estimate of drug-likeness (QED) is 0.494. The Kier molecular flexibility index (Phi) is 7.84. The van der Waals surface area contributed by atoms with Crippen LogP contribution in [0.2, 0.25) is 0 Å². The van der Waals surface area contributed by atoms with Crippen molar-refractivity contribution >= 4 is 24.4 Å². The van der Waals surface area contributed by atoms with E-state index in [1.807, 2.05) is 0 Å². The SMILES string of the molecule is C=CN1C(C(C)C)CSC1(C)CCCCNC(C)CS. The molecule has 2 nitrogen and oxygen atoms in total. The fourth-order valence-electron chi connectivity index (χ4n) is 2.80. The lowest BCUT2D eigenvalue weighted by molar-refractivity contribution is 0.176. The molecule has 1 N–H and O–H groups in total. The molecular weight excluding hydrogens is 284 g/mol. The zero-order valence-electron chi connectivity index (χ0n) is 13.6. The second-order valence-electron chi connectivity index (χ2n) is 6.38. The zero-order chi connectivity index (χ0) is 15.2. The number of nitrogens with one attached hydrogen (secondary N) is 1. The van der Waals surface area contributed by atoms with Gasteiger partial charge in [-0.05, 0) is 51.8 Å². The first kappa shape index (κ1) is 18.2. The third-order valence-electron chi connectivity index (χ3n) is 4.27. The molecule has 0 amide bonds. The normalized spacial score (nSPS) is 28.1. The summed E-state index contributed by atoms with van der Waals surface area (Å²) in [7, 11) is 0. The number of thiol groups is 1. The topological polar surface area (TPSA) is 15.3 Å². The Balaban J connectivity index is 2.36. The van der Waals surface area contributed by atoms with E-state index in [0.717, 1.165) is 12.3 Å². The van der Waals surface area contributed by atoms with Crippen LogP contribution in [-0.4, -0.2) is 39.9 Å². The first-order chi connectivity index (χ1) is 9.44. The monoisotopic (exact) mass is 316 g/mol. The van der Waals surface area contributed by atoms with Crippen LogP contribution in [0.3, 0.4) is 0 Å². The fourth-order valence-corrected chi connectivity index (χ4v) is 4.66. The van der Waals surface area contributed by atoms with E-state index in [-0.39, 0.29) is 4.87 Å². The van der Waals surface area contributed by atoms with E-state index in [1.165, 1.54) is 25.0 Å². The van der Waals surface area contributed by atoms with E-state index in [0.29, 0.717) is 18.0 Å². The van der Waals surface area contributed by atoms with E-state index < -0.39 is 0 Å². The second-order valence-corrected chi connectivity index (χ2v) is 8.25. The van der Waals surface area contributed by atoms with Crippen LogP contribution in [-0.2, 0) is 0 Å². The van der Waals surface area contributed by atoms with Crippen molar-refractivity contribution in [3.8, 4) is 0 Å². The van der Waals surface area contributed by atoms with Crippen molar-refractivity contribution < 1.29 is 0 Å². The molecule has 20 heavy (non-hydrogen) atoms. The van der Waals surface area contributed by atoms with Gasteiger partial charge < -0.3 is 10.2 Å². The van der Waals surface area contributed by atoms with Gasteiger partial charge in [-0.2, -0.15) is 12.6 Å². The van der Waals surface area contributed by atoms with Gasteiger partial charge >= 0.3 is 0 Å². The van der Waals surface area contributed by atoms with Gasteiger partial charge in [0.2, 0.25) is 0 Å². The summed E-state index contributed by atoms with van der Waals surface area (Å²) in [4.78, 5) is 2.75. The highest BCUT2D eigenvalue weighted by atomic mass is 32.2. The molecule has 1 saturated heterocycles. The molecule has 1 aliphatic rings. The lowest BCUT2D eigenvalue weighted by Gasteiger charge is -2.38. The van der Waals surface area contributed by atoms with Crippen LogP contribution in [0.1, 0.15) is 47.0 Å². The van der Waals surface area contributed by atoms with Gasteiger partial charge in [0.1, 0.15) is 0 Å². The Morgan fingerprint density at radius 2 is 2.15 bits per heavy atom. The van der Waals surface area contributed by atoms with Crippen LogP contribution in [0.15, 0.2) is 12.8 Å². The molecule has 1 fully saturated rings. The highest BCUT2D eigenvalue weighted by Crippen LogP contribution is 2.44. The van der Waals surface area contributed by atoms with Crippen LogP contribution in [0.25, 0.3) is 0 Å². The molecule has 1 aliphatic heterocycles. The highest BCUT2D eigenvalue weighted by molar-refractivity contribution is 8.00. The van der Waals surface area contributed by atoms with E-state index in [2.05, 4.69) is 75.1 Å². The standard InChI is InChI=1S/C16H32N2S2/c1-6-18-15(13(2)3)12-20-16(18,5)9-7-8-10-17-14(4)11-19/h6,13-15,17,19H,1,7-12H2,2-5H3. The summed E-state index contributed by atoms with van der Waals surface area (Å²) in [6.45, 7) is 14.3. The van der Waals surface area contributed by atoms with Crippen molar-refractivity contribution in [2.45, 2.75) is 63.9 Å². The summed E-state index contributed by atoms with van der Waals surface area (Å²) in [5.74, 6) is 2.84. The lowest BCUT2D eigenvalue weighted by atomic mass is 10.0. The summed E-state index contributed by atoms with van der Waals surface area (Å²) in [6, 6.07) is 1.16. The molecule has 0 aromatic heterocycles.